The Morgan fingerprint density at radius 3 is 2.84 bits per heavy atom. The van der Waals surface area contributed by atoms with E-state index in [1.807, 2.05) is 0 Å². The summed E-state index contributed by atoms with van der Waals surface area (Å²) in [6, 6.07) is 2.13. The fraction of sp³-hybridized carbons (Fsp3) is 0.467. The van der Waals surface area contributed by atoms with Crippen LogP contribution in [-0.2, 0) is 19.1 Å². The topological polar surface area (TPSA) is 109 Å². The van der Waals surface area contributed by atoms with Crippen LogP contribution in [0, 0.1) is 0 Å². The van der Waals surface area contributed by atoms with Crippen molar-refractivity contribution in [2.24, 2.45) is 0 Å². The zero-order chi connectivity index (χ0) is 18.0. The summed E-state index contributed by atoms with van der Waals surface area (Å²) >= 11 is 1.38. The number of imide groups is 1. The molecule has 10 heteroatoms. The van der Waals surface area contributed by atoms with Crippen molar-refractivity contribution in [3.05, 3.63) is 24.2 Å². The van der Waals surface area contributed by atoms with Crippen molar-refractivity contribution < 1.29 is 28.3 Å². The molecule has 1 N–H and O–H groups in total. The molecule has 2 fully saturated rings. The molecule has 1 aromatic rings. The normalized spacial score (nSPS) is 22.8. The van der Waals surface area contributed by atoms with E-state index in [0.717, 1.165) is 4.90 Å². The largest absolute Gasteiger partial charge is 0.466 e. The van der Waals surface area contributed by atoms with E-state index in [0.29, 0.717) is 18.1 Å². The number of nitrogens with one attached hydrogen (secondary N) is 1. The Hall–Kier alpha value is -2.49. The molecule has 4 amide bonds. The maximum absolute atomic E-state index is 12.3. The highest BCUT2D eigenvalue weighted by Gasteiger charge is 2.43. The zero-order valence-electron chi connectivity index (χ0n) is 13.5. The molecule has 2 saturated heterocycles. The van der Waals surface area contributed by atoms with Crippen LogP contribution in [0.4, 0.5) is 4.79 Å². The summed E-state index contributed by atoms with van der Waals surface area (Å²) < 4.78 is 10.4. The molecule has 25 heavy (non-hydrogen) atoms. The van der Waals surface area contributed by atoms with Crippen molar-refractivity contribution in [1.29, 1.82) is 0 Å². The maximum atomic E-state index is 12.3. The van der Waals surface area contributed by atoms with Crippen LogP contribution in [0.3, 0.4) is 0 Å². The Bertz CT molecular complexity index is 691. The predicted molar refractivity (Wildman–Crippen MR) is 86.3 cm³/mol. The summed E-state index contributed by atoms with van der Waals surface area (Å²) in [5.41, 5.74) is 0. The van der Waals surface area contributed by atoms with Gasteiger partial charge in [0.25, 0.3) is 5.91 Å². The molecule has 0 spiro atoms. The van der Waals surface area contributed by atoms with Crippen molar-refractivity contribution in [1.82, 2.24) is 15.1 Å². The maximum Gasteiger partial charge on any atom is 0.330 e. The van der Waals surface area contributed by atoms with Crippen LogP contribution in [0.2, 0.25) is 0 Å². The van der Waals surface area contributed by atoms with Crippen molar-refractivity contribution in [3.63, 3.8) is 0 Å². The lowest BCUT2D eigenvalue weighted by Gasteiger charge is -2.25. The number of amides is 4. The summed E-state index contributed by atoms with van der Waals surface area (Å²) in [6.07, 6.45) is 1.50. The number of thioether (sulfide) groups is 1. The summed E-state index contributed by atoms with van der Waals surface area (Å²) in [5, 5.41) is 2.08. The SMILES string of the molecule is CC(=O)N1[C@@H](C(=O)OCC(=O)N2CCNC2=O)CS[C@H]1c1ccco1. The molecule has 0 aromatic carbocycles. The highest BCUT2D eigenvalue weighted by Crippen LogP contribution is 2.41. The van der Waals surface area contributed by atoms with Gasteiger partial charge in [-0.1, -0.05) is 0 Å². The number of hydrogen-bond acceptors (Lipinski definition) is 7. The van der Waals surface area contributed by atoms with Crippen molar-refractivity contribution in [2.45, 2.75) is 18.3 Å². The second kappa shape index (κ2) is 7.18. The number of furan rings is 1. The van der Waals surface area contributed by atoms with Gasteiger partial charge in [-0.3, -0.25) is 14.5 Å². The van der Waals surface area contributed by atoms with Gasteiger partial charge in [0.05, 0.1) is 6.26 Å². The van der Waals surface area contributed by atoms with E-state index in [2.05, 4.69) is 5.32 Å². The first-order valence-corrected chi connectivity index (χ1v) is 8.72. The number of hydrogen-bond donors (Lipinski definition) is 1. The Kier molecular flexibility index (Phi) is 4.98. The Balaban J connectivity index is 1.62. The Morgan fingerprint density at radius 2 is 2.24 bits per heavy atom. The first kappa shape index (κ1) is 17.3. The third-order valence-electron chi connectivity index (χ3n) is 3.92. The van der Waals surface area contributed by atoms with E-state index in [9.17, 15) is 19.2 Å². The van der Waals surface area contributed by atoms with E-state index in [-0.39, 0.29) is 12.5 Å². The van der Waals surface area contributed by atoms with Gasteiger partial charge in [0.2, 0.25) is 5.91 Å². The molecular weight excluding hydrogens is 350 g/mol. The average Bonchev–Trinajstić information content (AvgIpc) is 3.30. The van der Waals surface area contributed by atoms with Crippen molar-refractivity contribution in [2.75, 3.05) is 25.4 Å². The lowest BCUT2D eigenvalue weighted by molar-refractivity contribution is -0.157. The predicted octanol–water partition coefficient (Wildman–Crippen LogP) is 0.337. The van der Waals surface area contributed by atoms with Gasteiger partial charge in [-0.15, -0.1) is 11.8 Å². The van der Waals surface area contributed by atoms with E-state index in [1.54, 1.807) is 12.1 Å². The van der Waals surface area contributed by atoms with Crippen LogP contribution in [-0.4, -0.2) is 65.1 Å². The van der Waals surface area contributed by atoms with Gasteiger partial charge < -0.3 is 19.4 Å². The van der Waals surface area contributed by atoms with Crippen LogP contribution >= 0.6 is 11.8 Å². The molecule has 134 valence electrons. The fourth-order valence-electron chi connectivity index (χ4n) is 2.74. The molecule has 0 radical (unpaired) electrons. The minimum atomic E-state index is -0.808. The molecule has 3 heterocycles. The van der Waals surface area contributed by atoms with E-state index >= 15 is 0 Å². The monoisotopic (exact) mass is 367 g/mol. The molecule has 2 aliphatic heterocycles. The highest BCUT2D eigenvalue weighted by atomic mass is 32.2. The molecule has 0 bridgehead atoms. The summed E-state index contributed by atoms with van der Waals surface area (Å²) in [6.45, 7) is 1.45. The highest BCUT2D eigenvalue weighted by molar-refractivity contribution is 7.99. The van der Waals surface area contributed by atoms with Gasteiger partial charge in [-0.05, 0) is 12.1 Å². The van der Waals surface area contributed by atoms with Crippen LogP contribution in [0.5, 0.6) is 0 Å². The molecule has 2 atom stereocenters. The minimum Gasteiger partial charge on any atom is -0.466 e. The summed E-state index contributed by atoms with van der Waals surface area (Å²) in [4.78, 5) is 50.1. The van der Waals surface area contributed by atoms with Crippen LogP contribution < -0.4 is 5.32 Å². The number of urea groups is 1. The van der Waals surface area contributed by atoms with Crippen molar-refractivity contribution >= 4 is 35.6 Å². The number of ether oxygens (including phenoxy) is 1. The van der Waals surface area contributed by atoms with E-state index in [4.69, 9.17) is 9.15 Å². The first-order valence-electron chi connectivity index (χ1n) is 7.67. The zero-order valence-corrected chi connectivity index (χ0v) is 14.3. The summed E-state index contributed by atoms with van der Waals surface area (Å²) in [7, 11) is 0. The second-order valence-corrected chi connectivity index (χ2v) is 6.64. The van der Waals surface area contributed by atoms with Crippen LogP contribution in [0.15, 0.2) is 22.8 Å². The lowest BCUT2D eigenvalue weighted by atomic mass is 10.2. The third-order valence-corrected chi connectivity index (χ3v) is 5.20. The number of carbonyl (C=O) groups excluding carboxylic acids is 4. The first-order chi connectivity index (χ1) is 12.0. The van der Waals surface area contributed by atoms with Gasteiger partial charge in [0, 0.05) is 25.8 Å². The molecule has 3 rings (SSSR count). The molecule has 1 aromatic heterocycles. The lowest BCUT2D eigenvalue weighted by Crippen LogP contribution is -2.44. The second-order valence-electron chi connectivity index (χ2n) is 5.53. The molecule has 9 nitrogen and oxygen atoms in total. The third kappa shape index (κ3) is 3.48. The van der Waals surface area contributed by atoms with Gasteiger partial charge >= 0.3 is 12.0 Å². The van der Waals surface area contributed by atoms with Gasteiger partial charge in [0.15, 0.2) is 6.61 Å². The standard InChI is InChI=1S/C15H17N3O6S/c1-9(19)18-10(8-25-13(18)11-3-2-6-23-11)14(21)24-7-12(20)17-5-4-16-15(17)22/h2-3,6,10,13H,4-5,7-8H2,1H3,(H,16,22)/t10-,13+/m1/s1. The molecule has 0 unspecified atom stereocenters. The molecule has 0 aliphatic carbocycles. The Labute approximate surface area is 147 Å². The number of esters is 1. The average molecular weight is 367 g/mol. The van der Waals surface area contributed by atoms with Gasteiger partial charge in [0.1, 0.15) is 17.2 Å². The molecule has 2 aliphatic rings. The smallest absolute Gasteiger partial charge is 0.330 e. The van der Waals surface area contributed by atoms with Gasteiger partial charge in [-0.25, -0.2) is 9.59 Å². The minimum absolute atomic E-state index is 0.245. The van der Waals surface area contributed by atoms with Gasteiger partial charge in [-0.2, -0.15) is 0 Å². The van der Waals surface area contributed by atoms with Crippen LogP contribution in [0.1, 0.15) is 18.1 Å². The van der Waals surface area contributed by atoms with E-state index in [1.165, 1.54) is 29.8 Å². The number of carbonyl (C=O) groups is 4. The molecule has 0 saturated carbocycles. The Morgan fingerprint density at radius 1 is 1.44 bits per heavy atom. The number of rotatable bonds is 4. The van der Waals surface area contributed by atoms with Crippen molar-refractivity contribution in [3.8, 4) is 0 Å². The number of nitrogens with zero attached hydrogens (tertiary/aromatic N) is 2. The van der Waals surface area contributed by atoms with Crippen LogP contribution in [0.25, 0.3) is 0 Å². The fourth-order valence-corrected chi connectivity index (χ4v) is 4.16. The summed E-state index contributed by atoms with van der Waals surface area (Å²) in [5.74, 6) is -0.656. The quantitative estimate of drug-likeness (QED) is 0.764. The molecular formula is C15H17N3O6S. The van der Waals surface area contributed by atoms with E-state index < -0.39 is 35.9 Å².